The van der Waals surface area contributed by atoms with Crippen molar-refractivity contribution in [3.63, 3.8) is 0 Å². The molecule has 224 valence electrons. The van der Waals surface area contributed by atoms with Gasteiger partial charge in [-0.1, -0.05) is 19.9 Å². The third kappa shape index (κ3) is 4.47. The van der Waals surface area contributed by atoms with Gasteiger partial charge in [-0.05, 0) is 75.5 Å². The van der Waals surface area contributed by atoms with Crippen molar-refractivity contribution in [3.05, 3.63) is 64.9 Å². The Labute approximate surface area is 251 Å². The first kappa shape index (κ1) is 28.5. The van der Waals surface area contributed by atoms with Gasteiger partial charge in [-0.3, -0.25) is 4.79 Å². The van der Waals surface area contributed by atoms with E-state index >= 15 is 0 Å². The van der Waals surface area contributed by atoms with Crippen molar-refractivity contribution in [1.29, 1.82) is 0 Å². The standard InChI is InChI=1S/C35H37NO7/c1-35(2)16-23-33(24(37)17-35)31(18-9-10-25(38-3)26(11-18)39-4)32-21-14-29(42-7)27(40-5)12-19(21)20-13-28(41-6)30(43-8)15-22(20)34(32)36-23/h9-15,31,36H,16-17H2,1-8H3. The number of hydrogen-bond acceptors (Lipinski definition) is 8. The number of carbonyl (C=O) groups excluding carboxylic acids is 1. The number of Topliss-reactive ketones (excluding diaryl/α,β-unsaturated/α-hetero) is 1. The molecule has 8 nitrogen and oxygen atoms in total. The molecule has 0 fully saturated rings. The second kappa shape index (κ2) is 10.6. The fourth-order valence-electron chi connectivity index (χ4n) is 6.79. The molecule has 1 aliphatic carbocycles. The Hall–Kier alpha value is -4.59. The summed E-state index contributed by atoms with van der Waals surface area (Å²) < 4.78 is 34.3. The molecule has 1 atom stereocenters. The van der Waals surface area contributed by atoms with E-state index in [9.17, 15) is 4.79 Å². The third-order valence-corrected chi connectivity index (χ3v) is 8.68. The molecule has 0 spiro atoms. The van der Waals surface area contributed by atoms with E-state index in [0.29, 0.717) is 40.9 Å². The van der Waals surface area contributed by atoms with Crippen LogP contribution in [0.1, 0.15) is 43.7 Å². The highest BCUT2D eigenvalue weighted by atomic mass is 16.5. The Morgan fingerprint density at radius 2 is 1.12 bits per heavy atom. The van der Waals surface area contributed by atoms with Crippen molar-refractivity contribution in [3.8, 4) is 34.5 Å². The first-order chi connectivity index (χ1) is 20.7. The Bertz CT molecular complexity index is 1820. The van der Waals surface area contributed by atoms with Crippen LogP contribution in [0.4, 0.5) is 5.69 Å². The maximum atomic E-state index is 14.1. The summed E-state index contributed by atoms with van der Waals surface area (Å²) in [5, 5.41) is 7.53. The normalized spacial score (nSPS) is 17.2. The summed E-state index contributed by atoms with van der Waals surface area (Å²) in [4.78, 5) is 14.1. The van der Waals surface area contributed by atoms with Crippen LogP contribution in [0, 0.1) is 5.41 Å². The molecule has 1 aliphatic heterocycles. The lowest BCUT2D eigenvalue weighted by atomic mass is 9.67. The number of benzene rings is 4. The van der Waals surface area contributed by atoms with Crippen molar-refractivity contribution in [1.82, 2.24) is 0 Å². The van der Waals surface area contributed by atoms with Gasteiger partial charge in [0.05, 0.1) is 48.3 Å². The second-order valence-corrected chi connectivity index (χ2v) is 11.8. The lowest BCUT2D eigenvalue weighted by Gasteiger charge is -2.40. The largest absolute Gasteiger partial charge is 0.493 e. The van der Waals surface area contributed by atoms with Crippen LogP contribution in [0.2, 0.25) is 0 Å². The van der Waals surface area contributed by atoms with Crippen molar-refractivity contribution in [2.24, 2.45) is 5.41 Å². The molecule has 43 heavy (non-hydrogen) atoms. The number of allylic oxidation sites excluding steroid dienone is 2. The van der Waals surface area contributed by atoms with Gasteiger partial charge in [-0.15, -0.1) is 0 Å². The van der Waals surface area contributed by atoms with Gasteiger partial charge in [0.25, 0.3) is 0 Å². The third-order valence-electron chi connectivity index (χ3n) is 8.68. The molecular formula is C35H37NO7. The van der Waals surface area contributed by atoms with Gasteiger partial charge in [0.2, 0.25) is 0 Å². The number of ketones is 1. The summed E-state index contributed by atoms with van der Waals surface area (Å²) in [6.07, 6.45) is 1.19. The minimum Gasteiger partial charge on any atom is -0.493 e. The smallest absolute Gasteiger partial charge is 0.162 e. The molecule has 1 unspecified atom stereocenters. The molecule has 0 saturated carbocycles. The summed E-state index contributed by atoms with van der Waals surface area (Å²) in [5.41, 5.74) is 4.33. The van der Waals surface area contributed by atoms with Crippen LogP contribution in [0.25, 0.3) is 21.5 Å². The fraction of sp³-hybridized carbons (Fsp3) is 0.343. The van der Waals surface area contributed by atoms with E-state index < -0.39 is 0 Å². The van der Waals surface area contributed by atoms with E-state index in [2.05, 4.69) is 19.2 Å². The predicted octanol–water partition coefficient (Wildman–Crippen LogP) is 7.25. The quantitative estimate of drug-likeness (QED) is 0.228. The molecule has 0 amide bonds. The first-order valence-electron chi connectivity index (χ1n) is 14.2. The van der Waals surface area contributed by atoms with Crippen molar-refractivity contribution in [2.45, 2.75) is 32.6 Å². The zero-order valence-corrected chi connectivity index (χ0v) is 25.9. The molecular weight excluding hydrogens is 546 g/mol. The molecule has 0 saturated heterocycles. The van der Waals surface area contributed by atoms with Crippen molar-refractivity contribution < 1.29 is 33.2 Å². The molecule has 4 aromatic rings. The van der Waals surface area contributed by atoms with Gasteiger partial charge in [-0.25, -0.2) is 0 Å². The number of hydrogen-bond donors (Lipinski definition) is 1. The Kier molecular flexibility index (Phi) is 7.03. The highest BCUT2D eigenvalue weighted by Gasteiger charge is 2.42. The highest BCUT2D eigenvalue weighted by Crippen LogP contribution is 2.55. The van der Waals surface area contributed by atoms with Gasteiger partial charge in [-0.2, -0.15) is 0 Å². The lowest BCUT2D eigenvalue weighted by molar-refractivity contribution is -0.118. The Morgan fingerprint density at radius 3 is 1.67 bits per heavy atom. The minimum absolute atomic E-state index is 0.130. The zero-order valence-electron chi connectivity index (χ0n) is 25.9. The monoisotopic (exact) mass is 583 g/mol. The number of rotatable bonds is 7. The number of ether oxygens (including phenoxy) is 6. The van der Waals surface area contributed by atoms with Gasteiger partial charge in [0.1, 0.15) is 0 Å². The molecule has 6 rings (SSSR count). The predicted molar refractivity (Wildman–Crippen MR) is 168 cm³/mol. The number of anilines is 1. The van der Waals surface area contributed by atoms with Gasteiger partial charge < -0.3 is 33.7 Å². The lowest BCUT2D eigenvalue weighted by Crippen LogP contribution is -2.34. The molecule has 1 heterocycles. The summed E-state index contributed by atoms with van der Waals surface area (Å²) >= 11 is 0. The number of nitrogens with one attached hydrogen (secondary N) is 1. The SMILES string of the molecule is COc1ccc(C2C3=C(CC(C)(C)CC3=O)Nc3c2c2cc(OC)c(OC)cc2c2cc(OC)c(OC)cc32)cc1OC. The Morgan fingerprint density at radius 1 is 0.628 bits per heavy atom. The van der Waals surface area contributed by atoms with Crippen molar-refractivity contribution >= 4 is 33.0 Å². The summed E-state index contributed by atoms with van der Waals surface area (Å²) in [6.45, 7) is 4.28. The fourth-order valence-corrected chi connectivity index (χ4v) is 6.79. The van der Waals surface area contributed by atoms with Crippen LogP contribution < -0.4 is 33.7 Å². The molecule has 4 aromatic carbocycles. The maximum Gasteiger partial charge on any atom is 0.162 e. The first-order valence-corrected chi connectivity index (χ1v) is 14.2. The van der Waals surface area contributed by atoms with Crippen LogP contribution in [0.5, 0.6) is 34.5 Å². The average molecular weight is 584 g/mol. The molecule has 8 heteroatoms. The molecule has 1 N–H and O–H groups in total. The van der Waals surface area contributed by atoms with E-state index in [-0.39, 0.29) is 17.1 Å². The highest BCUT2D eigenvalue weighted by molar-refractivity contribution is 6.19. The summed E-state index contributed by atoms with van der Waals surface area (Å²) in [7, 11) is 9.76. The number of methoxy groups -OCH3 is 6. The molecule has 0 aromatic heterocycles. The van der Waals surface area contributed by atoms with E-state index in [0.717, 1.165) is 56.1 Å². The van der Waals surface area contributed by atoms with E-state index in [1.807, 2.05) is 42.5 Å². The Balaban J connectivity index is 1.80. The van der Waals surface area contributed by atoms with Crippen LogP contribution >= 0.6 is 0 Å². The van der Waals surface area contributed by atoms with Crippen LogP contribution in [0.3, 0.4) is 0 Å². The molecule has 2 aliphatic rings. The molecule has 0 bridgehead atoms. The van der Waals surface area contributed by atoms with Crippen molar-refractivity contribution in [2.75, 3.05) is 48.0 Å². The van der Waals surface area contributed by atoms with Gasteiger partial charge >= 0.3 is 0 Å². The summed E-state index contributed by atoms with van der Waals surface area (Å²) in [5.74, 6) is 3.40. The van der Waals surface area contributed by atoms with Gasteiger partial charge in [0.15, 0.2) is 40.3 Å². The van der Waals surface area contributed by atoms with E-state index in [4.69, 9.17) is 28.4 Å². The topological polar surface area (TPSA) is 84.5 Å². The number of carbonyl (C=O) groups is 1. The average Bonchev–Trinajstić information content (AvgIpc) is 3.01. The minimum atomic E-state index is -0.382. The van der Waals surface area contributed by atoms with Crippen LogP contribution in [-0.2, 0) is 4.79 Å². The van der Waals surface area contributed by atoms with Gasteiger partial charge in [0, 0.05) is 29.0 Å². The number of fused-ring (bicyclic) bond motifs is 6. The van der Waals surface area contributed by atoms with E-state index in [1.165, 1.54) is 0 Å². The zero-order chi connectivity index (χ0) is 30.6. The van der Waals surface area contributed by atoms with Crippen LogP contribution in [0.15, 0.2) is 53.7 Å². The maximum absolute atomic E-state index is 14.1. The molecule has 0 radical (unpaired) electrons. The van der Waals surface area contributed by atoms with E-state index in [1.54, 1.807) is 42.7 Å². The second-order valence-electron chi connectivity index (χ2n) is 11.8. The summed E-state index contributed by atoms with van der Waals surface area (Å²) in [6, 6.07) is 13.9. The van der Waals surface area contributed by atoms with Crippen LogP contribution in [-0.4, -0.2) is 48.4 Å².